The lowest BCUT2D eigenvalue weighted by molar-refractivity contribution is -0.137. The first kappa shape index (κ1) is 25.4. The number of halogens is 3. The van der Waals surface area contributed by atoms with Crippen molar-refractivity contribution in [1.29, 1.82) is 0 Å². The van der Waals surface area contributed by atoms with Gasteiger partial charge in [0.05, 0.1) is 16.1 Å². The Morgan fingerprint density at radius 2 is 1.74 bits per heavy atom. The van der Waals surface area contributed by atoms with Gasteiger partial charge < -0.3 is 9.47 Å². The highest BCUT2D eigenvalue weighted by Gasteiger charge is 2.32. The van der Waals surface area contributed by atoms with Crippen LogP contribution in [0, 0.1) is 18.8 Å². The van der Waals surface area contributed by atoms with Crippen molar-refractivity contribution in [2.75, 3.05) is 0 Å². The number of thiazole rings is 1. The third kappa shape index (κ3) is 5.61. The second-order valence-electron chi connectivity index (χ2n) is 8.24. The fourth-order valence-electron chi connectivity index (χ4n) is 3.21. The number of hydrogen-bond acceptors (Lipinski definition) is 6. The molecule has 180 valence electrons. The highest BCUT2D eigenvalue weighted by atomic mass is 32.1. The summed E-state index contributed by atoms with van der Waals surface area (Å²) >= 11 is 1.35. The molecule has 1 amide bonds. The first-order valence-electron chi connectivity index (χ1n) is 10.3. The van der Waals surface area contributed by atoms with Gasteiger partial charge in [-0.25, -0.2) is 4.98 Å². The van der Waals surface area contributed by atoms with E-state index in [4.69, 9.17) is 9.47 Å². The molecule has 0 aliphatic carbocycles. The van der Waals surface area contributed by atoms with Gasteiger partial charge in [0.15, 0.2) is 5.60 Å². The highest BCUT2D eigenvalue weighted by Crippen LogP contribution is 2.36. The van der Waals surface area contributed by atoms with Crippen LogP contribution in [0.1, 0.15) is 48.6 Å². The number of aryl methyl sites for hydroxylation is 2. The van der Waals surface area contributed by atoms with Crippen LogP contribution >= 0.6 is 11.3 Å². The molecule has 6 nitrogen and oxygen atoms in total. The Hall–Kier alpha value is -3.27. The summed E-state index contributed by atoms with van der Waals surface area (Å²) in [5.74, 6) is 0.0600. The van der Waals surface area contributed by atoms with E-state index in [-0.39, 0.29) is 6.10 Å². The van der Waals surface area contributed by atoms with Crippen LogP contribution in [0.3, 0.4) is 0 Å². The summed E-state index contributed by atoms with van der Waals surface area (Å²) in [6.45, 7) is 8.38. The van der Waals surface area contributed by atoms with Crippen LogP contribution in [0.4, 0.5) is 13.2 Å². The zero-order chi connectivity index (χ0) is 25.3. The lowest BCUT2D eigenvalue weighted by atomic mass is 10.1. The second-order valence-corrected chi connectivity index (χ2v) is 9.27. The number of ether oxygens (including phenoxy) is 2. The molecular weight excluding hydrogens is 469 g/mol. The van der Waals surface area contributed by atoms with Gasteiger partial charge in [0, 0.05) is 10.7 Å². The minimum absolute atomic E-state index is 0.371. The molecule has 0 saturated heterocycles. The molecule has 0 fully saturated rings. The maximum absolute atomic E-state index is 12.8. The van der Waals surface area contributed by atoms with Crippen molar-refractivity contribution in [3.05, 3.63) is 69.1 Å². The van der Waals surface area contributed by atoms with Crippen molar-refractivity contribution >= 4 is 17.2 Å². The molecule has 2 aromatic carbocycles. The van der Waals surface area contributed by atoms with E-state index in [9.17, 15) is 22.9 Å². The molecule has 1 aromatic heterocycles. The minimum Gasteiger partial charge on any atom is -0.485 e. The number of carbonyl (C=O) groups is 1. The molecule has 3 rings (SSSR count). The van der Waals surface area contributed by atoms with E-state index in [0.29, 0.717) is 27.6 Å². The van der Waals surface area contributed by atoms with Crippen molar-refractivity contribution in [1.82, 2.24) is 4.98 Å². The lowest BCUT2D eigenvalue weighted by Crippen LogP contribution is -2.37. The molecule has 10 heteroatoms. The fraction of sp³-hybridized carbons (Fsp3) is 0.333. The minimum atomic E-state index is -4.39. The molecule has 0 saturated carbocycles. The van der Waals surface area contributed by atoms with Crippen LogP contribution < -0.4 is 9.47 Å². The third-order valence-corrected chi connectivity index (χ3v) is 6.45. The average Bonchev–Trinajstić information content (AvgIpc) is 3.16. The predicted molar refractivity (Wildman–Crippen MR) is 123 cm³/mol. The largest absolute Gasteiger partial charge is 0.485 e. The summed E-state index contributed by atoms with van der Waals surface area (Å²) in [6, 6.07) is 9.96. The highest BCUT2D eigenvalue weighted by molar-refractivity contribution is 7.15. The summed E-state index contributed by atoms with van der Waals surface area (Å²) in [5.41, 5.74) is -0.0803. The van der Waals surface area contributed by atoms with Crippen LogP contribution in [-0.2, 0) is 11.0 Å². The molecule has 0 bridgehead atoms. The molecule has 3 aromatic rings. The Kier molecular flexibility index (Phi) is 7.11. The Balaban J connectivity index is 1.75. The average molecular weight is 493 g/mol. The molecule has 0 aliphatic heterocycles. The van der Waals surface area contributed by atoms with E-state index >= 15 is 0 Å². The molecule has 1 unspecified atom stereocenters. The number of carbonyl (C=O) groups excluding carboxylic acids is 1. The standard InChI is InChI=1S/C24H23F3N2O4S/c1-13-12-18(10-11-19(13)33-23(4,5)22(30)29-31)32-15(3)20-14(2)28-21(34-20)16-6-8-17(9-7-16)24(25,26)27/h6-12,15H,1-5H3. The normalized spacial score (nSPS) is 12.8. The van der Waals surface area contributed by atoms with Gasteiger partial charge in [-0.1, -0.05) is 12.1 Å². The number of nitroso groups, excluding NO2 is 1. The van der Waals surface area contributed by atoms with Crippen molar-refractivity contribution in [3.8, 4) is 22.1 Å². The van der Waals surface area contributed by atoms with Gasteiger partial charge in [-0.05, 0) is 70.5 Å². The Labute approximate surface area is 198 Å². The van der Waals surface area contributed by atoms with Crippen LogP contribution in [0.2, 0.25) is 0 Å². The number of aromatic nitrogens is 1. The molecule has 1 heterocycles. The fourth-order valence-corrected chi connectivity index (χ4v) is 4.26. The van der Waals surface area contributed by atoms with Gasteiger partial charge >= 0.3 is 12.1 Å². The number of benzene rings is 2. The number of alkyl halides is 3. The van der Waals surface area contributed by atoms with E-state index in [2.05, 4.69) is 10.2 Å². The SMILES string of the molecule is Cc1cc(OC(C)c2sc(-c3ccc(C(F)(F)F)cc3)nc2C)ccc1OC(C)(C)C(=O)N=O. The molecule has 0 spiro atoms. The number of amides is 1. The molecule has 0 aliphatic rings. The maximum Gasteiger partial charge on any atom is 0.416 e. The van der Waals surface area contributed by atoms with E-state index in [1.54, 1.807) is 25.1 Å². The lowest BCUT2D eigenvalue weighted by Gasteiger charge is -2.23. The maximum atomic E-state index is 12.8. The monoisotopic (exact) mass is 492 g/mol. The van der Waals surface area contributed by atoms with Crippen LogP contribution in [0.15, 0.2) is 47.6 Å². The topological polar surface area (TPSA) is 77.8 Å². The summed E-state index contributed by atoms with van der Waals surface area (Å²) in [5, 5.41) is 3.03. The van der Waals surface area contributed by atoms with Gasteiger partial charge in [0.2, 0.25) is 0 Å². The van der Waals surface area contributed by atoms with Crippen LogP contribution in [0.25, 0.3) is 10.6 Å². The predicted octanol–water partition coefficient (Wildman–Crippen LogP) is 7.04. The van der Waals surface area contributed by atoms with Gasteiger partial charge in [-0.2, -0.15) is 13.2 Å². The van der Waals surface area contributed by atoms with Gasteiger partial charge in [0.1, 0.15) is 22.6 Å². The zero-order valence-corrected chi connectivity index (χ0v) is 20.0. The summed E-state index contributed by atoms with van der Waals surface area (Å²) in [7, 11) is 0. The molecule has 0 radical (unpaired) electrons. The van der Waals surface area contributed by atoms with E-state index < -0.39 is 23.2 Å². The van der Waals surface area contributed by atoms with Gasteiger partial charge in [-0.15, -0.1) is 16.2 Å². The second kappa shape index (κ2) is 9.54. The molecule has 1 atom stereocenters. The quantitative estimate of drug-likeness (QED) is 0.331. The van der Waals surface area contributed by atoms with Crippen molar-refractivity contribution in [2.24, 2.45) is 5.18 Å². The number of nitrogens with zero attached hydrogens (tertiary/aromatic N) is 2. The number of rotatable bonds is 7. The zero-order valence-electron chi connectivity index (χ0n) is 19.2. The van der Waals surface area contributed by atoms with Gasteiger partial charge in [-0.3, -0.25) is 4.79 Å². The molecule has 34 heavy (non-hydrogen) atoms. The molecule has 0 N–H and O–H groups in total. The Morgan fingerprint density at radius 3 is 2.29 bits per heavy atom. The van der Waals surface area contributed by atoms with Crippen LogP contribution in [-0.4, -0.2) is 16.5 Å². The van der Waals surface area contributed by atoms with Crippen molar-refractivity contribution in [2.45, 2.75) is 52.5 Å². The third-order valence-electron chi connectivity index (χ3n) is 5.08. The first-order chi connectivity index (χ1) is 15.8. The van der Waals surface area contributed by atoms with Gasteiger partial charge in [0.25, 0.3) is 0 Å². The van der Waals surface area contributed by atoms with Crippen molar-refractivity contribution in [3.63, 3.8) is 0 Å². The summed E-state index contributed by atoms with van der Waals surface area (Å²) in [4.78, 5) is 27.5. The van der Waals surface area contributed by atoms with Crippen LogP contribution in [0.5, 0.6) is 11.5 Å². The number of hydrogen-bond donors (Lipinski definition) is 0. The van der Waals surface area contributed by atoms with Crippen molar-refractivity contribution < 1.29 is 27.4 Å². The Morgan fingerprint density at radius 1 is 1.09 bits per heavy atom. The smallest absolute Gasteiger partial charge is 0.416 e. The van der Waals surface area contributed by atoms with E-state index in [1.165, 1.54) is 37.3 Å². The van der Waals surface area contributed by atoms with E-state index in [1.807, 2.05) is 13.8 Å². The first-order valence-corrected chi connectivity index (χ1v) is 11.1. The Bertz CT molecular complexity index is 1200. The summed E-state index contributed by atoms with van der Waals surface area (Å²) in [6.07, 6.45) is -4.76. The summed E-state index contributed by atoms with van der Waals surface area (Å²) < 4.78 is 50.2. The van der Waals surface area contributed by atoms with E-state index in [0.717, 1.165) is 22.7 Å². The molecular formula is C24H23F3N2O4S.